The number of carbonyl (C=O) groups is 2. The fraction of sp³-hybridized carbons (Fsp3) is 0.333. The second kappa shape index (κ2) is 14.0. The van der Waals surface area contributed by atoms with Gasteiger partial charge in [-0.3, -0.25) is 14.9 Å². The van der Waals surface area contributed by atoms with E-state index in [1.54, 1.807) is 0 Å². The van der Waals surface area contributed by atoms with E-state index in [-0.39, 0.29) is 23.7 Å². The lowest BCUT2D eigenvalue weighted by Crippen LogP contribution is -2.49. The Labute approximate surface area is 224 Å². The molecule has 3 aromatic rings. The molecule has 6 nitrogen and oxygen atoms in total. The van der Waals surface area contributed by atoms with Gasteiger partial charge in [-0.1, -0.05) is 91.0 Å². The lowest BCUT2D eigenvalue weighted by atomic mass is 9.77. The van der Waals surface area contributed by atoms with Crippen LogP contribution in [0.5, 0.6) is 0 Å². The van der Waals surface area contributed by atoms with Crippen LogP contribution in [0.25, 0.3) is 0 Å². The molecule has 7 heteroatoms. The molecule has 0 aliphatic carbocycles. The first-order chi connectivity index (χ1) is 17.8. The van der Waals surface area contributed by atoms with E-state index in [1.807, 2.05) is 75.4 Å². The van der Waals surface area contributed by atoms with Crippen LogP contribution in [0.15, 0.2) is 91.0 Å². The van der Waals surface area contributed by atoms with Crippen molar-refractivity contribution in [3.05, 3.63) is 108 Å². The molecule has 0 spiro atoms. The molecule has 2 N–H and O–H groups in total. The first-order valence-electron chi connectivity index (χ1n) is 12.4. The van der Waals surface area contributed by atoms with E-state index in [0.29, 0.717) is 19.6 Å². The molecule has 0 aliphatic rings. The summed E-state index contributed by atoms with van der Waals surface area (Å²) in [5.74, 6) is -0.0577. The Morgan fingerprint density at radius 2 is 1.35 bits per heavy atom. The summed E-state index contributed by atoms with van der Waals surface area (Å²) in [7, 11) is 0. The van der Waals surface area contributed by atoms with E-state index in [0.717, 1.165) is 16.7 Å². The van der Waals surface area contributed by atoms with E-state index in [9.17, 15) is 9.59 Å². The minimum Gasteiger partial charge on any atom is -0.460 e. The second-order valence-electron chi connectivity index (χ2n) is 9.56. The second-order valence-corrected chi connectivity index (χ2v) is 10.7. The highest BCUT2D eigenvalue weighted by molar-refractivity contribution is 7.99. The smallest absolute Gasteiger partial charge is 0.307 e. The largest absolute Gasteiger partial charge is 0.460 e. The van der Waals surface area contributed by atoms with Gasteiger partial charge in [0.1, 0.15) is 11.5 Å². The van der Waals surface area contributed by atoms with Crippen molar-refractivity contribution < 1.29 is 19.1 Å². The third-order valence-corrected chi connectivity index (χ3v) is 6.71. The molecule has 0 bridgehead atoms. The molecule has 0 aromatic heterocycles. The Morgan fingerprint density at radius 1 is 0.865 bits per heavy atom. The number of esters is 1. The van der Waals surface area contributed by atoms with Gasteiger partial charge < -0.3 is 14.8 Å². The SMILES string of the molecule is CC(C)(C)OC(=O)CCNC(CNC(c1ccccc1)(c1ccccc1)c1ccccc1)SCOC=O. The van der Waals surface area contributed by atoms with Crippen LogP contribution in [0.1, 0.15) is 43.9 Å². The van der Waals surface area contributed by atoms with E-state index >= 15 is 0 Å². The number of thioether (sulfide) groups is 1. The quantitative estimate of drug-likeness (QED) is 0.101. The maximum atomic E-state index is 12.2. The molecule has 1 unspecified atom stereocenters. The average molecular weight is 521 g/mol. The van der Waals surface area contributed by atoms with Gasteiger partial charge >= 0.3 is 5.97 Å². The first-order valence-corrected chi connectivity index (χ1v) is 13.4. The molecule has 3 rings (SSSR count). The van der Waals surface area contributed by atoms with Crippen molar-refractivity contribution in [1.82, 2.24) is 10.6 Å². The monoisotopic (exact) mass is 520 g/mol. The summed E-state index contributed by atoms with van der Waals surface area (Å²) in [5.41, 5.74) is 2.17. The summed E-state index contributed by atoms with van der Waals surface area (Å²) < 4.78 is 10.4. The predicted octanol–water partition coefficient (Wildman–Crippen LogP) is 5.08. The van der Waals surface area contributed by atoms with Crippen LogP contribution in [0, 0.1) is 0 Å². The van der Waals surface area contributed by atoms with Gasteiger partial charge in [0.2, 0.25) is 0 Å². The summed E-state index contributed by atoms with van der Waals surface area (Å²) in [6, 6.07) is 31.0. The number of hydrogen-bond acceptors (Lipinski definition) is 7. The van der Waals surface area contributed by atoms with Crippen molar-refractivity contribution >= 4 is 24.2 Å². The van der Waals surface area contributed by atoms with Crippen LogP contribution in [-0.4, -0.2) is 42.4 Å². The molecule has 0 aliphatic heterocycles. The van der Waals surface area contributed by atoms with Crippen LogP contribution < -0.4 is 10.6 Å². The van der Waals surface area contributed by atoms with Crippen molar-refractivity contribution in [2.24, 2.45) is 0 Å². The Hall–Kier alpha value is -3.13. The van der Waals surface area contributed by atoms with Crippen molar-refractivity contribution in [3.8, 4) is 0 Å². The maximum absolute atomic E-state index is 12.2. The van der Waals surface area contributed by atoms with Gasteiger partial charge in [0.05, 0.1) is 17.3 Å². The molecule has 0 saturated carbocycles. The van der Waals surface area contributed by atoms with E-state index < -0.39 is 11.1 Å². The topological polar surface area (TPSA) is 76.7 Å². The minimum absolute atomic E-state index is 0.141. The number of rotatable bonds is 14. The number of hydrogen-bond donors (Lipinski definition) is 2. The summed E-state index contributed by atoms with van der Waals surface area (Å²) in [5, 5.41) is 7.13. The van der Waals surface area contributed by atoms with Crippen LogP contribution in [0.2, 0.25) is 0 Å². The molecule has 0 radical (unpaired) electrons. The van der Waals surface area contributed by atoms with E-state index in [2.05, 4.69) is 47.0 Å². The Kier molecular flexibility index (Phi) is 10.7. The molecule has 1 atom stereocenters. The van der Waals surface area contributed by atoms with E-state index in [1.165, 1.54) is 11.8 Å². The predicted molar refractivity (Wildman–Crippen MR) is 149 cm³/mol. The summed E-state index contributed by atoms with van der Waals surface area (Å²) in [6.07, 6.45) is 0.240. The standard InChI is InChI=1S/C30H36N2O4S/c1-29(2,3)36-28(34)19-20-31-27(37-23-35-22-33)21-32-30(24-13-7-4-8-14-24,25-15-9-5-10-16-25)26-17-11-6-12-18-26/h4-18,22,27,31-32H,19-21,23H2,1-3H3. The molecule has 0 fully saturated rings. The maximum Gasteiger partial charge on any atom is 0.307 e. The van der Waals surface area contributed by atoms with Gasteiger partial charge in [-0.2, -0.15) is 0 Å². The van der Waals surface area contributed by atoms with Crippen LogP contribution >= 0.6 is 11.8 Å². The van der Waals surface area contributed by atoms with Crippen molar-refractivity contribution in [1.29, 1.82) is 0 Å². The summed E-state index contributed by atoms with van der Waals surface area (Å²) in [6.45, 7) is 6.97. The summed E-state index contributed by atoms with van der Waals surface area (Å²) >= 11 is 1.46. The lowest BCUT2D eigenvalue weighted by molar-refractivity contribution is -0.154. The number of carbonyl (C=O) groups excluding carboxylic acids is 2. The van der Waals surface area contributed by atoms with Gasteiger partial charge in [-0.25, -0.2) is 0 Å². The molecule has 0 amide bonds. The van der Waals surface area contributed by atoms with Gasteiger partial charge in [-0.05, 0) is 37.5 Å². The number of nitrogens with one attached hydrogen (secondary N) is 2. The van der Waals surface area contributed by atoms with Gasteiger partial charge in [-0.15, -0.1) is 11.8 Å². The fourth-order valence-electron chi connectivity index (χ4n) is 4.18. The van der Waals surface area contributed by atoms with Gasteiger partial charge in [0, 0.05) is 13.1 Å². The highest BCUT2D eigenvalue weighted by atomic mass is 32.2. The molecule has 0 saturated heterocycles. The molecular formula is C30H36N2O4S. The van der Waals surface area contributed by atoms with E-state index in [4.69, 9.17) is 9.47 Å². The van der Waals surface area contributed by atoms with Crippen molar-refractivity contribution in [3.63, 3.8) is 0 Å². The Bertz CT molecular complexity index is 992. The summed E-state index contributed by atoms with van der Waals surface area (Å²) in [4.78, 5) is 23.0. The zero-order chi connectivity index (χ0) is 26.6. The molecular weight excluding hydrogens is 484 g/mol. The minimum atomic E-state index is -0.624. The number of ether oxygens (including phenoxy) is 2. The van der Waals surface area contributed by atoms with Crippen LogP contribution in [-0.2, 0) is 24.6 Å². The Balaban J connectivity index is 1.88. The van der Waals surface area contributed by atoms with Crippen molar-refractivity contribution in [2.75, 3.05) is 19.0 Å². The van der Waals surface area contributed by atoms with Crippen LogP contribution in [0.3, 0.4) is 0 Å². The number of benzene rings is 3. The zero-order valence-electron chi connectivity index (χ0n) is 21.7. The van der Waals surface area contributed by atoms with Gasteiger partial charge in [0.25, 0.3) is 6.47 Å². The molecule has 0 heterocycles. The Morgan fingerprint density at radius 3 is 1.78 bits per heavy atom. The highest BCUT2D eigenvalue weighted by Crippen LogP contribution is 2.36. The third-order valence-electron chi connectivity index (χ3n) is 5.70. The van der Waals surface area contributed by atoms with Gasteiger partial charge in [0.15, 0.2) is 0 Å². The molecule has 196 valence electrons. The van der Waals surface area contributed by atoms with Crippen molar-refractivity contribution in [2.45, 2.75) is 43.7 Å². The average Bonchev–Trinajstić information content (AvgIpc) is 2.89. The van der Waals surface area contributed by atoms with Crippen LogP contribution in [0.4, 0.5) is 0 Å². The molecule has 37 heavy (non-hydrogen) atoms. The first kappa shape index (κ1) is 28.4. The third kappa shape index (κ3) is 8.45. The molecule has 3 aromatic carbocycles. The highest BCUT2D eigenvalue weighted by Gasteiger charge is 2.36. The normalized spacial score (nSPS) is 12.5. The lowest BCUT2D eigenvalue weighted by Gasteiger charge is -2.38. The fourth-order valence-corrected chi connectivity index (χ4v) is 4.92. The zero-order valence-corrected chi connectivity index (χ0v) is 22.5.